The Kier molecular flexibility index (Phi) is 7.37. The molecule has 9 heteroatoms. The summed E-state index contributed by atoms with van der Waals surface area (Å²) in [4.78, 5) is 42.7. The van der Waals surface area contributed by atoms with Crippen LogP contribution in [0.1, 0.15) is 39.7 Å². The van der Waals surface area contributed by atoms with Crippen molar-refractivity contribution < 1.29 is 19.5 Å². The minimum absolute atomic E-state index is 0.0231. The third-order valence-corrected chi connectivity index (χ3v) is 10.6. The Morgan fingerprint density at radius 1 is 1.21 bits per heavy atom. The summed E-state index contributed by atoms with van der Waals surface area (Å²) in [5.74, 6) is -1.71. The molecule has 3 N–H and O–H groups in total. The van der Waals surface area contributed by atoms with Crippen molar-refractivity contribution in [3.05, 3.63) is 35.9 Å². The maximum Gasteiger partial charge on any atom is 0.244 e. The Hall–Kier alpha value is -1.58. The van der Waals surface area contributed by atoms with E-state index in [2.05, 4.69) is 26.6 Å². The largest absolute Gasteiger partial charge is 0.394 e. The van der Waals surface area contributed by atoms with E-state index in [-0.39, 0.29) is 46.4 Å². The SMILES string of the molecule is CC(C)NC(=O)C1N([C@@H](CO)C(C)C)C(=O)[C@@H]2[C@@H](C(=O)NCc3ccccc3)[C@@H]3SC12CC3Br. The van der Waals surface area contributed by atoms with Gasteiger partial charge in [0, 0.05) is 22.7 Å². The number of nitrogens with one attached hydrogen (secondary N) is 2. The van der Waals surface area contributed by atoms with Gasteiger partial charge in [-0.2, -0.15) is 0 Å². The van der Waals surface area contributed by atoms with Crippen LogP contribution in [0.3, 0.4) is 0 Å². The van der Waals surface area contributed by atoms with Gasteiger partial charge >= 0.3 is 0 Å². The average Bonchev–Trinajstić information content (AvgIpc) is 3.36. The maximum atomic E-state index is 14.0. The zero-order chi connectivity index (χ0) is 24.8. The highest BCUT2D eigenvalue weighted by Gasteiger charge is 2.76. The Morgan fingerprint density at radius 2 is 1.88 bits per heavy atom. The molecule has 3 heterocycles. The molecule has 3 unspecified atom stereocenters. The highest BCUT2D eigenvalue weighted by molar-refractivity contribution is 9.09. The maximum absolute atomic E-state index is 14.0. The zero-order valence-electron chi connectivity index (χ0n) is 20.0. The first-order valence-corrected chi connectivity index (χ1v) is 13.8. The number of thioether (sulfide) groups is 1. The number of fused-ring (bicyclic) bond motifs is 1. The number of amides is 3. The van der Waals surface area contributed by atoms with Gasteiger partial charge in [0.2, 0.25) is 17.7 Å². The van der Waals surface area contributed by atoms with Crippen molar-refractivity contribution in [1.82, 2.24) is 15.5 Å². The molecule has 3 aliphatic heterocycles. The first-order chi connectivity index (χ1) is 16.1. The summed E-state index contributed by atoms with van der Waals surface area (Å²) in [5, 5.41) is 16.2. The van der Waals surface area contributed by atoms with E-state index >= 15 is 0 Å². The fourth-order valence-corrected chi connectivity index (χ4v) is 9.51. The monoisotopic (exact) mass is 551 g/mol. The minimum atomic E-state index is -0.728. The number of carbonyl (C=O) groups excluding carboxylic acids is 3. The van der Waals surface area contributed by atoms with Gasteiger partial charge in [0.1, 0.15) is 6.04 Å². The van der Waals surface area contributed by atoms with E-state index < -0.39 is 28.7 Å². The summed E-state index contributed by atoms with van der Waals surface area (Å²) in [6.45, 7) is 7.84. The molecular formula is C25H34BrN3O4S. The minimum Gasteiger partial charge on any atom is -0.394 e. The van der Waals surface area contributed by atoms with Gasteiger partial charge in [-0.15, -0.1) is 11.8 Å². The molecule has 186 valence electrons. The number of halogens is 1. The second-order valence-corrected chi connectivity index (χ2v) is 13.0. The van der Waals surface area contributed by atoms with Crippen LogP contribution in [-0.2, 0) is 20.9 Å². The zero-order valence-corrected chi connectivity index (χ0v) is 22.4. The van der Waals surface area contributed by atoms with E-state index in [9.17, 15) is 19.5 Å². The van der Waals surface area contributed by atoms with Crippen LogP contribution >= 0.6 is 27.7 Å². The highest BCUT2D eigenvalue weighted by Crippen LogP contribution is 2.68. The summed E-state index contributed by atoms with van der Waals surface area (Å²) in [6, 6.07) is 8.38. The van der Waals surface area contributed by atoms with Crippen molar-refractivity contribution in [2.24, 2.45) is 17.8 Å². The number of rotatable bonds is 8. The third-order valence-electron chi connectivity index (χ3n) is 7.33. The van der Waals surface area contributed by atoms with Crippen molar-refractivity contribution >= 4 is 45.4 Å². The van der Waals surface area contributed by atoms with Crippen molar-refractivity contribution in [2.45, 2.75) is 73.6 Å². The quantitative estimate of drug-likeness (QED) is 0.430. The van der Waals surface area contributed by atoms with Gasteiger partial charge in [0.25, 0.3) is 0 Å². The number of hydrogen-bond acceptors (Lipinski definition) is 5. The molecule has 1 aromatic rings. The second kappa shape index (κ2) is 9.82. The predicted molar refractivity (Wildman–Crippen MR) is 136 cm³/mol. The number of carbonyl (C=O) groups is 3. The van der Waals surface area contributed by atoms with Gasteiger partial charge in [0.15, 0.2) is 0 Å². The molecule has 3 amide bonds. The van der Waals surface area contributed by atoms with Gasteiger partial charge < -0.3 is 20.6 Å². The second-order valence-electron chi connectivity index (χ2n) is 10.3. The fourth-order valence-electron chi connectivity index (χ4n) is 5.91. The van der Waals surface area contributed by atoms with E-state index in [1.54, 1.807) is 16.7 Å². The number of likely N-dealkylation sites (tertiary alicyclic amines) is 1. The molecule has 0 saturated carbocycles. The Balaban J connectivity index is 1.69. The molecule has 3 fully saturated rings. The van der Waals surface area contributed by atoms with Crippen LogP contribution in [0.2, 0.25) is 0 Å². The summed E-state index contributed by atoms with van der Waals surface area (Å²) in [7, 11) is 0. The van der Waals surface area contributed by atoms with E-state index in [4.69, 9.17) is 0 Å². The molecule has 7 atom stereocenters. The molecule has 0 aliphatic carbocycles. The number of benzene rings is 1. The van der Waals surface area contributed by atoms with Crippen molar-refractivity contribution in [2.75, 3.05) is 6.61 Å². The van der Waals surface area contributed by atoms with Crippen LogP contribution in [0.15, 0.2) is 30.3 Å². The Morgan fingerprint density at radius 3 is 2.47 bits per heavy atom. The fraction of sp³-hybridized carbons (Fsp3) is 0.640. The lowest BCUT2D eigenvalue weighted by molar-refractivity contribution is -0.143. The van der Waals surface area contributed by atoms with E-state index in [0.717, 1.165) is 5.56 Å². The lowest BCUT2D eigenvalue weighted by Gasteiger charge is -2.39. The predicted octanol–water partition coefficient (Wildman–Crippen LogP) is 2.31. The summed E-state index contributed by atoms with van der Waals surface area (Å²) < 4.78 is -0.702. The molecule has 7 nitrogen and oxygen atoms in total. The number of aliphatic hydroxyl groups excluding tert-OH is 1. The van der Waals surface area contributed by atoms with Crippen LogP contribution in [-0.4, -0.2) is 67.3 Å². The Labute approximate surface area is 213 Å². The van der Waals surface area contributed by atoms with Crippen molar-refractivity contribution in [3.63, 3.8) is 0 Å². The first kappa shape index (κ1) is 25.5. The summed E-state index contributed by atoms with van der Waals surface area (Å²) in [5.41, 5.74) is 0.991. The van der Waals surface area contributed by atoms with Crippen LogP contribution < -0.4 is 10.6 Å². The summed E-state index contributed by atoms with van der Waals surface area (Å²) >= 11 is 5.38. The van der Waals surface area contributed by atoms with E-state index in [0.29, 0.717) is 13.0 Å². The van der Waals surface area contributed by atoms with Crippen molar-refractivity contribution in [1.29, 1.82) is 0 Å². The molecule has 0 aromatic heterocycles. The lowest BCUT2D eigenvalue weighted by atomic mass is 9.70. The summed E-state index contributed by atoms with van der Waals surface area (Å²) in [6.07, 6.45) is 0.629. The highest BCUT2D eigenvalue weighted by atomic mass is 79.9. The van der Waals surface area contributed by atoms with Crippen LogP contribution in [0.5, 0.6) is 0 Å². The van der Waals surface area contributed by atoms with Crippen LogP contribution in [0.4, 0.5) is 0 Å². The molecule has 0 radical (unpaired) electrons. The normalized spacial score (nSPS) is 32.9. The van der Waals surface area contributed by atoms with Crippen LogP contribution in [0.25, 0.3) is 0 Å². The molecular weight excluding hydrogens is 518 g/mol. The number of alkyl halides is 1. The topological polar surface area (TPSA) is 98.7 Å². The standard InChI is InChI=1S/C25H34BrN3O4S/c1-13(2)17(12-30)29-21(23(32)28-14(3)4)25-10-16(26)20(34-25)18(19(25)24(29)33)22(31)27-11-15-8-6-5-7-9-15/h5-9,13-14,16-21,30H,10-12H2,1-4H3,(H,27,31)(H,28,32)/t16?,17-,18+,19-,20+,21?,25?/m0/s1. The number of nitrogens with zero attached hydrogens (tertiary/aromatic N) is 1. The number of aliphatic hydroxyl groups is 1. The molecule has 34 heavy (non-hydrogen) atoms. The van der Waals surface area contributed by atoms with Gasteiger partial charge in [-0.25, -0.2) is 0 Å². The smallest absolute Gasteiger partial charge is 0.244 e. The molecule has 3 aliphatic rings. The van der Waals surface area contributed by atoms with Gasteiger partial charge in [-0.1, -0.05) is 60.1 Å². The van der Waals surface area contributed by atoms with E-state index in [1.807, 2.05) is 58.0 Å². The lowest BCUT2D eigenvalue weighted by Crippen LogP contribution is -2.58. The van der Waals surface area contributed by atoms with E-state index in [1.165, 1.54) is 0 Å². The van der Waals surface area contributed by atoms with Gasteiger partial charge in [-0.3, -0.25) is 14.4 Å². The van der Waals surface area contributed by atoms with Crippen LogP contribution in [0, 0.1) is 17.8 Å². The molecule has 2 bridgehead atoms. The van der Waals surface area contributed by atoms with Gasteiger partial charge in [-0.05, 0) is 31.7 Å². The number of hydrogen-bond donors (Lipinski definition) is 3. The third kappa shape index (κ3) is 4.17. The Bertz CT molecular complexity index is 945. The molecule has 4 rings (SSSR count). The molecule has 3 saturated heterocycles. The van der Waals surface area contributed by atoms with Crippen molar-refractivity contribution in [3.8, 4) is 0 Å². The van der Waals surface area contributed by atoms with Gasteiger partial charge in [0.05, 0.1) is 29.2 Å². The molecule has 1 aromatic carbocycles. The average molecular weight is 553 g/mol. The first-order valence-electron chi connectivity index (χ1n) is 12.0. The molecule has 1 spiro atoms.